The SMILES string of the molecule is CC(C)(C)N1CCNCC1.CC(C)(C)N1CCOCC1.CCN1CCN(C(C)(C)C)CC1. The molecule has 0 amide bonds. The number of likely N-dealkylation sites (N-methyl/N-ethyl adjacent to an activating group) is 1. The summed E-state index contributed by atoms with van der Waals surface area (Å²) in [7, 11) is 0. The number of ether oxygens (including phenoxy) is 1. The van der Waals surface area contributed by atoms with Gasteiger partial charge in [0.2, 0.25) is 0 Å². The zero-order chi connectivity index (χ0) is 24.4. The normalized spacial score (nSPS) is 23.1. The maximum absolute atomic E-state index is 5.25. The molecule has 3 aliphatic rings. The first-order chi connectivity index (χ1) is 14.7. The first-order valence-corrected chi connectivity index (χ1v) is 13.0. The second kappa shape index (κ2) is 13.6. The van der Waals surface area contributed by atoms with Gasteiger partial charge in [-0.25, -0.2) is 0 Å². The smallest absolute Gasteiger partial charge is 0.0594 e. The highest BCUT2D eigenvalue weighted by Gasteiger charge is 2.25. The van der Waals surface area contributed by atoms with E-state index in [4.69, 9.17) is 4.74 Å². The molecule has 6 nitrogen and oxygen atoms in total. The Morgan fingerprint density at radius 2 is 0.938 bits per heavy atom. The maximum Gasteiger partial charge on any atom is 0.0594 e. The Kier molecular flexibility index (Phi) is 12.7. The first-order valence-electron chi connectivity index (χ1n) is 13.0. The average molecular weight is 456 g/mol. The summed E-state index contributed by atoms with van der Waals surface area (Å²) in [5.74, 6) is 0. The van der Waals surface area contributed by atoms with E-state index in [0.717, 1.165) is 39.4 Å². The topological polar surface area (TPSA) is 34.2 Å². The summed E-state index contributed by atoms with van der Waals surface area (Å²) < 4.78 is 5.25. The van der Waals surface area contributed by atoms with Gasteiger partial charge in [-0.1, -0.05) is 6.92 Å². The van der Waals surface area contributed by atoms with Crippen molar-refractivity contribution in [3.8, 4) is 0 Å². The van der Waals surface area contributed by atoms with Gasteiger partial charge in [-0.15, -0.1) is 0 Å². The summed E-state index contributed by atoms with van der Waals surface area (Å²) in [5.41, 5.74) is 1.05. The van der Waals surface area contributed by atoms with E-state index in [2.05, 4.69) is 94.2 Å². The molecule has 0 aromatic rings. The number of morpholine rings is 1. The van der Waals surface area contributed by atoms with E-state index >= 15 is 0 Å². The van der Waals surface area contributed by atoms with E-state index in [9.17, 15) is 0 Å². The molecule has 0 unspecified atom stereocenters. The predicted octanol–water partition coefficient (Wildman–Crippen LogP) is 3.23. The van der Waals surface area contributed by atoms with Crippen LogP contribution in [0.5, 0.6) is 0 Å². The lowest BCUT2D eigenvalue weighted by atomic mass is 10.1. The highest BCUT2D eigenvalue weighted by atomic mass is 16.5. The third-order valence-electron chi connectivity index (χ3n) is 6.79. The van der Waals surface area contributed by atoms with Crippen molar-refractivity contribution in [1.29, 1.82) is 0 Å². The number of hydrogen-bond donors (Lipinski definition) is 1. The van der Waals surface area contributed by atoms with Crippen molar-refractivity contribution in [2.45, 2.75) is 85.9 Å². The lowest BCUT2D eigenvalue weighted by Gasteiger charge is -2.42. The molecule has 0 bridgehead atoms. The number of hydrogen-bond acceptors (Lipinski definition) is 6. The molecular weight excluding hydrogens is 398 g/mol. The molecule has 1 N–H and O–H groups in total. The fourth-order valence-corrected chi connectivity index (χ4v) is 4.30. The maximum atomic E-state index is 5.25. The molecule has 3 heterocycles. The van der Waals surface area contributed by atoms with Crippen LogP contribution in [-0.2, 0) is 4.74 Å². The Morgan fingerprint density at radius 1 is 0.562 bits per heavy atom. The number of nitrogens with one attached hydrogen (secondary N) is 1. The molecular formula is C26H57N5O. The zero-order valence-corrected chi connectivity index (χ0v) is 23.4. The van der Waals surface area contributed by atoms with Crippen molar-refractivity contribution < 1.29 is 4.74 Å². The van der Waals surface area contributed by atoms with Gasteiger partial charge in [0.05, 0.1) is 13.2 Å². The Hall–Kier alpha value is -0.240. The van der Waals surface area contributed by atoms with Gasteiger partial charge in [-0.2, -0.15) is 0 Å². The van der Waals surface area contributed by atoms with Crippen LogP contribution in [0.2, 0.25) is 0 Å². The third-order valence-corrected chi connectivity index (χ3v) is 6.79. The summed E-state index contributed by atoms with van der Waals surface area (Å²) in [5, 5.41) is 3.35. The molecule has 0 aliphatic carbocycles. The molecule has 3 rings (SSSR count). The van der Waals surface area contributed by atoms with Crippen LogP contribution in [0.1, 0.15) is 69.2 Å². The van der Waals surface area contributed by atoms with Crippen LogP contribution in [0, 0.1) is 0 Å². The van der Waals surface area contributed by atoms with Crippen molar-refractivity contribution in [3.05, 3.63) is 0 Å². The van der Waals surface area contributed by atoms with Gasteiger partial charge in [-0.3, -0.25) is 14.7 Å². The molecule has 6 heteroatoms. The molecule has 3 aliphatic heterocycles. The summed E-state index contributed by atoms with van der Waals surface area (Å²) in [6.45, 7) is 37.5. The molecule has 0 radical (unpaired) electrons. The zero-order valence-electron chi connectivity index (χ0n) is 23.4. The lowest BCUT2D eigenvalue weighted by molar-refractivity contribution is -0.00389. The minimum Gasteiger partial charge on any atom is -0.379 e. The summed E-state index contributed by atoms with van der Waals surface area (Å²) in [4.78, 5) is 10.1. The van der Waals surface area contributed by atoms with Gasteiger partial charge in [0.15, 0.2) is 0 Å². The largest absolute Gasteiger partial charge is 0.379 e. The molecule has 32 heavy (non-hydrogen) atoms. The molecule has 0 saturated carbocycles. The van der Waals surface area contributed by atoms with Crippen molar-refractivity contribution in [2.24, 2.45) is 0 Å². The van der Waals surface area contributed by atoms with Crippen LogP contribution in [-0.4, -0.2) is 121 Å². The van der Waals surface area contributed by atoms with Gasteiger partial charge < -0.3 is 15.0 Å². The second-order valence-corrected chi connectivity index (χ2v) is 12.3. The van der Waals surface area contributed by atoms with Crippen molar-refractivity contribution in [3.63, 3.8) is 0 Å². The van der Waals surface area contributed by atoms with Crippen LogP contribution in [0.4, 0.5) is 0 Å². The fraction of sp³-hybridized carbons (Fsp3) is 1.00. The van der Waals surface area contributed by atoms with Crippen LogP contribution < -0.4 is 5.32 Å². The number of nitrogens with zero attached hydrogens (tertiary/aromatic N) is 4. The Morgan fingerprint density at radius 3 is 1.25 bits per heavy atom. The second-order valence-electron chi connectivity index (χ2n) is 12.3. The van der Waals surface area contributed by atoms with Crippen molar-refractivity contribution in [1.82, 2.24) is 24.9 Å². The molecule has 3 fully saturated rings. The van der Waals surface area contributed by atoms with E-state index in [0.29, 0.717) is 16.6 Å². The quantitative estimate of drug-likeness (QED) is 0.654. The monoisotopic (exact) mass is 455 g/mol. The molecule has 0 atom stereocenters. The van der Waals surface area contributed by atoms with Gasteiger partial charge >= 0.3 is 0 Å². The highest BCUT2D eigenvalue weighted by molar-refractivity contribution is 4.82. The summed E-state index contributed by atoms with van der Waals surface area (Å²) >= 11 is 0. The van der Waals surface area contributed by atoms with Crippen molar-refractivity contribution in [2.75, 3.05) is 85.2 Å². The van der Waals surface area contributed by atoms with Crippen LogP contribution in [0.3, 0.4) is 0 Å². The number of rotatable bonds is 1. The van der Waals surface area contributed by atoms with Gasteiger partial charge in [0.1, 0.15) is 0 Å². The van der Waals surface area contributed by atoms with Crippen molar-refractivity contribution >= 4 is 0 Å². The Labute approximate surface area is 201 Å². The summed E-state index contributed by atoms with van der Waals surface area (Å²) in [6, 6.07) is 0. The van der Waals surface area contributed by atoms with E-state index in [1.54, 1.807) is 0 Å². The van der Waals surface area contributed by atoms with E-state index in [1.165, 1.54) is 45.8 Å². The van der Waals surface area contributed by atoms with Crippen LogP contribution >= 0.6 is 0 Å². The lowest BCUT2D eigenvalue weighted by Crippen LogP contribution is -2.53. The Balaban J connectivity index is 0.000000241. The average Bonchev–Trinajstić information content (AvgIpc) is 2.74. The minimum absolute atomic E-state index is 0.323. The molecule has 0 aromatic heterocycles. The van der Waals surface area contributed by atoms with Crippen LogP contribution in [0.15, 0.2) is 0 Å². The standard InChI is InChI=1S/C10H22N2.C8H18N2.C8H17NO/c1-5-11-6-8-12(9-7-11)10(2,3)4;1-8(2,3)10-6-4-9-5-7-10;1-8(2,3)9-4-6-10-7-5-9/h5-9H2,1-4H3;9H,4-7H2,1-3H3;4-7H2,1-3H3. The molecule has 3 saturated heterocycles. The predicted molar refractivity (Wildman–Crippen MR) is 140 cm³/mol. The van der Waals surface area contributed by atoms with E-state index < -0.39 is 0 Å². The van der Waals surface area contributed by atoms with E-state index in [-0.39, 0.29) is 0 Å². The fourth-order valence-electron chi connectivity index (χ4n) is 4.30. The number of piperazine rings is 2. The first kappa shape index (κ1) is 29.8. The summed E-state index contributed by atoms with van der Waals surface area (Å²) in [6.07, 6.45) is 0. The molecule has 192 valence electrons. The molecule has 0 aromatic carbocycles. The van der Waals surface area contributed by atoms with Gasteiger partial charge in [-0.05, 0) is 68.9 Å². The Bertz CT molecular complexity index is 444. The minimum atomic E-state index is 0.323. The van der Waals surface area contributed by atoms with Gasteiger partial charge in [0.25, 0.3) is 0 Å². The van der Waals surface area contributed by atoms with E-state index in [1.807, 2.05) is 0 Å². The third kappa shape index (κ3) is 11.8. The van der Waals surface area contributed by atoms with Gasteiger partial charge in [0, 0.05) is 82.1 Å². The van der Waals surface area contributed by atoms with Crippen LogP contribution in [0.25, 0.3) is 0 Å². The molecule has 0 spiro atoms. The highest BCUT2D eigenvalue weighted by Crippen LogP contribution is 2.16.